The molecule has 3 rings (SSSR count). The quantitative estimate of drug-likeness (QED) is 0.872. The molecule has 0 saturated carbocycles. The van der Waals surface area contributed by atoms with E-state index in [9.17, 15) is 9.59 Å². The highest BCUT2D eigenvalue weighted by Crippen LogP contribution is 2.26. The molecular formula is C20H26N6O2. The minimum absolute atomic E-state index is 0.0746. The second-order valence-electron chi connectivity index (χ2n) is 7.61. The van der Waals surface area contributed by atoms with Crippen LogP contribution in [-0.4, -0.2) is 69.9 Å². The minimum Gasteiger partial charge on any atom is -0.336 e. The highest BCUT2D eigenvalue weighted by Gasteiger charge is 2.38. The number of nitrogens with zero attached hydrogens (tertiary/aromatic N) is 5. The normalized spacial score (nSPS) is 19.0. The van der Waals surface area contributed by atoms with Gasteiger partial charge in [-0.05, 0) is 18.1 Å². The van der Waals surface area contributed by atoms with Crippen LogP contribution in [-0.2, 0) is 0 Å². The van der Waals surface area contributed by atoms with Gasteiger partial charge in [0.1, 0.15) is 0 Å². The molecule has 148 valence electrons. The molecule has 1 fully saturated rings. The summed E-state index contributed by atoms with van der Waals surface area (Å²) in [5.74, 6) is 0.949. The number of urea groups is 1. The minimum atomic E-state index is -0.144. The first-order chi connectivity index (χ1) is 13.4. The maximum Gasteiger partial charge on any atom is 0.317 e. The number of amides is 3. The van der Waals surface area contributed by atoms with E-state index in [1.165, 1.54) is 4.90 Å². The molecule has 0 bridgehead atoms. The molecule has 0 aromatic carbocycles. The third kappa shape index (κ3) is 4.27. The summed E-state index contributed by atoms with van der Waals surface area (Å²) in [6.07, 6.45) is 6.47. The summed E-state index contributed by atoms with van der Waals surface area (Å²) in [7, 11) is 3.41. The van der Waals surface area contributed by atoms with E-state index in [4.69, 9.17) is 0 Å². The second-order valence-corrected chi connectivity index (χ2v) is 7.61. The van der Waals surface area contributed by atoms with Gasteiger partial charge in [0.15, 0.2) is 5.82 Å². The molecule has 1 saturated heterocycles. The fourth-order valence-corrected chi connectivity index (χ4v) is 3.38. The van der Waals surface area contributed by atoms with E-state index in [1.807, 2.05) is 12.1 Å². The van der Waals surface area contributed by atoms with Crippen LogP contribution in [0.25, 0.3) is 11.4 Å². The maximum atomic E-state index is 12.9. The average molecular weight is 382 g/mol. The Labute approximate surface area is 165 Å². The Morgan fingerprint density at radius 1 is 1.18 bits per heavy atom. The molecule has 0 radical (unpaired) electrons. The second kappa shape index (κ2) is 8.33. The van der Waals surface area contributed by atoms with E-state index in [-0.39, 0.29) is 23.9 Å². The molecule has 2 unspecified atom stereocenters. The Morgan fingerprint density at radius 3 is 2.46 bits per heavy atom. The Hall–Kier alpha value is -3.03. The molecular weight excluding hydrogens is 356 g/mol. The third-order valence-electron chi connectivity index (χ3n) is 5.04. The average Bonchev–Trinajstić information content (AvgIpc) is 3.12. The van der Waals surface area contributed by atoms with Crippen molar-refractivity contribution in [1.82, 2.24) is 30.1 Å². The van der Waals surface area contributed by atoms with Gasteiger partial charge in [-0.25, -0.2) is 14.8 Å². The van der Waals surface area contributed by atoms with Crippen molar-refractivity contribution in [2.45, 2.75) is 19.9 Å². The predicted octanol–water partition coefficient (Wildman–Crippen LogP) is 1.91. The summed E-state index contributed by atoms with van der Waals surface area (Å²) in [6.45, 7) is 5.30. The van der Waals surface area contributed by atoms with Gasteiger partial charge in [0, 0.05) is 63.5 Å². The third-order valence-corrected chi connectivity index (χ3v) is 5.04. The first-order valence-corrected chi connectivity index (χ1v) is 9.36. The van der Waals surface area contributed by atoms with Gasteiger partial charge in [0.05, 0.1) is 11.6 Å². The topological polar surface area (TPSA) is 91.3 Å². The molecule has 8 heteroatoms. The predicted molar refractivity (Wildman–Crippen MR) is 106 cm³/mol. The van der Waals surface area contributed by atoms with Crippen molar-refractivity contribution in [3.63, 3.8) is 0 Å². The monoisotopic (exact) mass is 382 g/mol. The summed E-state index contributed by atoms with van der Waals surface area (Å²) in [5, 5.41) is 3.03. The smallest absolute Gasteiger partial charge is 0.317 e. The van der Waals surface area contributed by atoms with Gasteiger partial charge >= 0.3 is 6.03 Å². The standard InChI is InChI=1S/C20H26N6O2/c1-13(2)16-11-26(12-17(16)24-20(28)25(3)4)19(27)15-9-22-18(23-10-15)14-6-5-7-21-8-14/h5-10,13,16-17H,11-12H2,1-4H3,(H,24,28). The Balaban J connectivity index is 1.72. The van der Waals surface area contributed by atoms with Crippen molar-refractivity contribution >= 4 is 11.9 Å². The van der Waals surface area contributed by atoms with Gasteiger partial charge in [-0.2, -0.15) is 0 Å². The van der Waals surface area contributed by atoms with Gasteiger partial charge in [0.2, 0.25) is 0 Å². The van der Waals surface area contributed by atoms with Crippen molar-refractivity contribution in [2.24, 2.45) is 11.8 Å². The first kappa shape index (κ1) is 19.7. The number of hydrogen-bond acceptors (Lipinski definition) is 5. The number of likely N-dealkylation sites (tertiary alicyclic amines) is 1. The van der Waals surface area contributed by atoms with E-state index in [0.29, 0.717) is 30.4 Å². The van der Waals surface area contributed by atoms with Crippen molar-refractivity contribution in [1.29, 1.82) is 0 Å². The Bertz CT molecular complexity index is 822. The lowest BCUT2D eigenvalue weighted by Gasteiger charge is -2.24. The van der Waals surface area contributed by atoms with Gasteiger partial charge in [0.25, 0.3) is 5.91 Å². The highest BCUT2D eigenvalue weighted by atomic mass is 16.2. The van der Waals surface area contributed by atoms with E-state index < -0.39 is 0 Å². The highest BCUT2D eigenvalue weighted by molar-refractivity contribution is 5.94. The number of nitrogens with one attached hydrogen (secondary N) is 1. The number of rotatable bonds is 4. The fourth-order valence-electron chi connectivity index (χ4n) is 3.38. The maximum absolute atomic E-state index is 12.9. The van der Waals surface area contributed by atoms with E-state index in [2.05, 4.69) is 34.1 Å². The van der Waals surface area contributed by atoms with E-state index in [1.54, 1.807) is 43.8 Å². The molecule has 1 aliphatic heterocycles. The molecule has 28 heavy (non-hydrogen) atoms. The lowest BCUT2D eigenvalue weighted by atomic mass is 9.91. The summed E-state index contributed by atoms with van der Waals surface area (Å²) < 4.78 is 0. The largest absolute Gasteiger partial charge is 0.336 e. The van der Waals surface area contributed by atoms with E-state index >= 15 is 0 Å². The van der Waals surface area contributed by atoms with Gasteiger partial charge in [-0.1, -0.05) is 13.8 Å². The lowest BCUT2D eigenvalue weighted by Crippen LogP contribution is -2.46. The Morgan fingerprint density at radius 2 is 1.89 bits per heavy atom. The SMILES string of the molecule is CC(C)C1CN(C(=O)c2cnc(-c3cccnc3)nc2)CC1NC(=O)N(C)C. The van der Waals surface area contributed by atoms with Crippen LogP contribution in [0.2, 0.25) is 0 Å². The van der Waals surface area contributed by atoms with Crippen LogP contribution < -0.4 is 5.32 Å². The van der Waals surface area contributed by atoms with Crippen LogP contribution in [0.1, 0.15) is 24.2 Å². The summed E-state index contributed by atoms with van der Waals surface area (Å²) in [6, 6.07) is 3.47. The van der Waals surface area contributed by atoms with Crippen LogP contribution in [0.5, 0.6) is 0 Å². The molecule has 1 N–H and O–H groups in total. The van der Waals surface area contributed by atoms with Gasteiger partial charge in [-0.15, -0.1) is 0 Å². The molecule has 0 aliphatic carbocycles. The number of carbonyl (C=O) groups excluding carboxylic acids is 2. The summed E-state index contributed by atoms with van der Waals surface area (Å²) in [4.78, 5) is 41.0. The van der Waals surface area contributed by atoms with E-state index in [0.717, 1.165) is 5.56 Å². The van der Waals surface area contributed by atoms with Crippen LogP contribution in [0, 0.1) is 11.8 Å². The number of pyridine rings is 1. The number of aromatic nitrogens is 3. The van der Waals surface area contributed by atoms with Crippen LogP contribution in [0.3, 0.4) is 0 Å². The summed E-state index contributed by atoms with van der Waals surface area (Å²) in [5.41, 5.74) is 1.24. The number of carbonyl (C=O) groups is 2. The molecule has 0 spiro atoms. The molecule has 2 aromatic rings. The van der Waals surface area contributed by atoms with Crippen molar-refractivity contribution in [3.8, 4) is 11.4 Å². The fraction of sp³-hybridized carbons (Fsp3) is 0.450. The van der Waals surface area contributed by atoms with Crippen LogP contribution in [0.15, 0.2) is 36.9 Å². The molecule has 2 aromatic heterocycles. The molecule has 3 amide bonds. The molecule has 1 aliphatic rings. The van der Waals surface area contributed by atoms with Crippen molar-refractivity contribution < 1.29 is 9.59 Å². The molecule has 8 nitrogen and oxygen atoms in total. The van der Waals surface area contributed by atoms with Crippen molar-refractivity contribution in [3.05, 3.63) is 42.5 Å². The molecule has 2 atom stereocenters. The summed E-state index contributed by atoms with van der Waals surface area (Å²) >= 11 is 0. The number of hydrogen-bond donors (Lipinski definition) is 1. The zero-order chi connectivity index (χ0) is 20.3. The molecule has 3 heterocycles. The first-order valence-electron chi connectivity index (χ1n) is 9.36. The van der Waals surface area contributed by atoms with Crippen LogP contribution >= 0.6 is 0 Å². The van der Waals surface area contributed by atoms with Gasteiger partial charge in [-0.3, -0.25) is 9.78 Å². The van der Waals surface area contributed by atoms with Gasteiger partial charge < -0.3 is 15.1 Å². The zero-order valence-electron chi connectivity index (χ0n) is 16.7. The zero-order valence-corrected chi connectivity index (χ0v) is 16.7. The lowest BCUT2D eigenvalue weighted by molar-refractivity contribution is 0.0781. The Kier molecular flexibility index (Phi) is 5.87. The van der Waals surface area contributed by atoms with Crippen LogP contribution in [0.4, 0.5) is 4.79 Å². The van der Waals surface area contributed by atoms with Crippen molar-refractivity contribution in [2.75, 3.05) is 27.2 Å².